The number of hydrogen-bond acceptors (Lipinski definition) is 7. The molecule has 8 heteroatoms. The average Bonchev–Trinajstić information content (AvgIpc) is 2.87. The number of aryl methyl sites for hydroxylation is 1. The third-order valence-corrected chi connectivity index (χ3v) is 4.04. The summed E-state index contributed by atoms with van der Waals surface area (Å²) in [6.07, 6.45) is -1.57. The molecule has 0 bridgehead atoms. The summed E-state index contributed by atoms with van der Waals surface area (Å²) in [5, 5.41) is 34.0. The number of aromatic nitrogens is 3. The maximum absolute atomic E-state index is 10.5. The molecule has 0 aliphatic carbocycles. The van der Waals surface area contributed by atoms with Crippen molar-refractivity contribution in [3.8, 4) is 0 Å². The van der Waals surface area contributed by atoms with E-state index in [1.165, 1.54) is 13.3 Å². The van der Waals surface area contributed by atoms with Gasteiger partial charge in [-0.15, -0.1) is 0 Å². The first kappa shape index (κ1) is 14.2. The van der Waals surface area contributed by atoms with Crippen LogP contribution in [0, 0.1) is 6.92 Å². The van der Waals surface area contributed by atoms with Crippen molar-refractivity contribution in [1.82, 2.24) is 14.6 Å². The highest BCUT2D eigenvalue weighted by Crippen LogP contribution is 2.42. The molecule has 8 nitrogen and oxygen atoms in total. The Balaban J connectivity index is 2.15. The standard InChI is InChI=1S/C13H18N4O4/c1-6-3-7(17-9(6)12(14)15-5-16-17)11-13(2,20)10(19)8(4-18)21-11/h3,5,8,10-11,18-20H,4H2,1-2H3,(H2,14,15,16)/t8-,10-,11+,13-/m1/s1. The lowest BCUT2D eigenvalue weighted by Gasteiger charge is -2.26. The molecule has 0 saturated carbocycles. The van der Waals surface area contributed by atoms with Crippen LogP contribution >= 0.6 is 0 Å². The first-order chi connectivity index (χ1) is 9.87. The van der Waals surface area contributed by atoms with Crippen molar-refractivity contribution in [1.29, 1.82) is 0 Å². The smallest absolute Gasteiger partial charge is 0.151 e. The second-order valence-electron chi connectivity index (χ2n) is 5.57. The molecule has 0 aromatic carbocycles. The van der Waals surface area contributed by atoms with Crippen LogP contribution in [0.2, 0.25) is 0 Å². The van der Waals surface area contributed by atoms with E-state index in [-0.39, 0.29) is 6.61 Å². The first-order valence-corrected chi connectivity index (χ1v) is 6.63. The van der Waals surface area contributed by atoms with Crippen molar-refractivity contribution in [2.45, 2.75) is 37.8 Å². The van der Waals surface area contributed by atoms with Crippen molar-refractivity contribution in [3.05, 3.63) is 23.7 Å². The summed E-state index contributed by atoms with van der Waals surface area (Å²) in [4.78, 5) is 3.94. The molecule has 3 heterocycles. The fraction of sp³-hybridized carbons (Fsp3) is 0.538. The van der Waals surface area contributed by atoms with E-state index in [0.717, 1.165) is 5.56 Å². The highest BCUT2D eigenvalue weighted by atomic mass is 16.6. The minimum atomic E-state index is -1.55. The Bertz CT molecular complexity index is 684. The lowest BCUT2D eigenvalue weighted by atomic mass is 9.91. The summed E-state index contributed by atoms with van der Waals surface area (Å²) in [5.74, 6) is 0.325. The van der Waals surface area contributed by atoms with Crippen LogP contribution in [0.15, 0.2) is 12.4 Å². The topological polar surface area (TPSA) is 126 Å². The van der Waals surface area contributed by atoms with E-state index < -0.39 is 23.9 Å². The van der Waals surface area contributed by atoms with Gasteiger partial charge in [0.2, 0.25) is 0 Å². The zero-order valence-corrected chi connectivity index (χ0v) is 11.8. The Kier molecular flexibility index (Phi) is 3.14. The second-order valence-corrected chi connectivity index (χ2v) is 5.57. The van der Waals surface area contributed by atoms with Crippen LogP contribution in [-0.2, 0) is 4.74 Å². The van der Waals surface area contributed by atoms with E-state index in [2.05, 4.69) is 10.1 Å². The Morgan fingerprint density at radius 1 is 1.52 bits per heavy atom. The normalized spacial score (nSPS) is 32.9. The van der Waals surface area contributed by atoms with Crippen LogP contribution in [0.4, 0.5) is 5.82 Å². The van der Waals surface area contributed by atoms with Gasteiger partial charge in [-0.25, -0.2) is 9.50 Å². The van der Waals surface area contributed by atoms with Crippen LogP contribution < -0.4 is 5.73 Å². The lowest BCUT2D eigenvalue weighted by Crippen LogP contribution is -2.43. The Morgan fingerprint density at radius 3 is 2.86 bits per heavy atom. The van der Waals surface area contributed by atoms with E-state index in [1.54, 1.807) is 10.6 Å². The van der Waals surface area contributed by atoms with Gasteiger partial charge in [0.25, 0.3) is 0 Å². The molecule has 0 unspecified atom stereocenters. The van der Waals surface area contributed by atoms with Gasteiger partial charge in [-0.05, 0) is 25.5 Å². The number of hydrogen-bond donors (Lipinski definition) is 4. The molecule has 1 saturated heterocycles. The molecular weight excluding hydrogens is 276 g/mol. The maximum Gasteiger partial charge on any atom is 0.151 e. The Morgan fingerprint density at radius 2 is 2.24 bits per heavy atom. The molecule has 2 aromatic rings. The quantitative estimate of drug-likeness (QED) is 0.569. The molecule has 1 aliphatic rings. The number of rotatable bonds is 2. The van der Waals surface area contributed by atoms with Gasteiger partial charge < -0.3 is 25.8 Å². The summed E-state index contributed by atoms with van der Waals surface area (Å²) in [6.45, 7) is 2.94. The largest absolute Gasteiger partial charge is 0.394 e. The zero-order chi connectivity index (χ0) is 15.4. The van der Waals surface area contributed by atoms with Gasteiger partial charge in [0.1, 0.15) is 35.8 Å². The van der Waals surface area contributed by atoms with Gasteiger partial charge in [0.15, 0.2) is 5.82 Å². The minimum absolute atomic E-state index is 0.325. The van der Waals surface area contributed by atoms with E-state index in [9.17, 15) is 15.3 Å². The average molecular weight is 294 g/mol. The third-order valence-electron chi connectivity index (χ3n) is 4.04. The number of anilines is 1. The van der Waals surface area contributed by atoms with Crippen LogP contribution in [0.3, 0.4) is 0 Å². The predicted octanol–water partition coefficient (Wildman–Crippen LogP) is -0.836. The number of aliphatic hydroxyl groups is 3. The van der Waals surface area contributed by atoms with Crippen molar-refractivity contribution in [3.63, 3.8) is 0 Å². The Hall–Kier alpha value is -1.74. The summed E-state index contributed by atoms with van der Waals surface area (Å²) >= 11 is 0. The highest BCUT2D eigenvalue weighted by Gasteiger charge is 2.53. The van der Waals surface area contributed by atoms with Crippen LogP contribution in [0.1, 0.15) is 24.3 Å². The monoisotopic (exact) mass is 294 g/mol. The zero-order valence-electron chi connectivity index (χ0n) is 11.8. The third kappa shape index (κ3) is 1.91. The van der Waals surface area contributed by atoms with Crippen LogP contribution in [0.25, 0.3) is 5.52 Å². The van der Waals surface area contributed by atoms with Crippen molar-refractivity contribution < 1.29 is 20.1 Å². The summed E-state index contributed by atoms with van der Waals surface area (Å²) in [5.41, 5.74) is 6.33. The molecule has 0 spiro atoms. The minimum Gasteiger partial charge on any atom is -0.394 e. The van der Waals surface area contributed by atoms with Crippen molar-refractivity contribution in [2.24, 2.45) is 0 Å². The maximum atomic E-state index is 10.5. The molecule has 1 aliphatic heterocycles. The summed E-state index contributed by atoms with van der Waals surface area (Å²) in [6, 6.07) is 1.78. The Labute approximate surface area is 120 Å². The fourth-order valence-electron chi connectivity index (χ4n) is 2.90. The molecular formula is C13H18N4O4. The number of ether oxygens (including phenoxy) is 1. The molecule has 2 aromatic heterocycles. The van der Waals surface area contributed by atoms with Gasteiger partial charge in [-0.2, -0.15) is 5.10 Å². The molecule has 0 amide bonds. The van der Waals surface area contributed by atoms with E-state index >= 15 is 0 Å². The van der Waals surface area contributed by atoms with Gasteiger partial charge >= 0.3 is 0 Å². The predicted molar refractivity (Wildman–Crippen MR) is 73.5 cm³/mol. The number of nitrogens with zero attached hydrogens (tertiary/aromatic N) is 3. The number of fused-ring (bicyclic) bond motifs is 1. The molecule has 21 heavy (non-hydrogen) atoms. The van der Waals surface area contributed by atoms with Crippen molar-refractivity contribution in [2.75, 3.05) is 12.3 Å². The lowest BCUT2D eigenvalue weighted by molar-refractivity contribution is -0.0664. The van der Waals surface area contributed by atoms with E-state index in [0.29, 0.717) is 17.0 Å². The molecule has 4 atom stereocenters. The summed E-state index contributed by atoms with van der Waals surface area (Å²) < 4.78 is 7.16. The molecule has 5 N–H and O–H groups in total. The summed E-state index contributed by atoms with van der Waals surface area (Å²) in [7, 11) is 0. The van der Waals surface area contributed by atoms with E-state index in [4.69, 9.17) is 10.5 Å². The number of aliphatic hydroxyl groups excluding tert-OH is 2. The highest BCUT2D eigenvalue weighted by molar-refractivity contribution is 5.70. The van der Waals surface area contributed by atoms with Gasteiger partial charge in [-0.1, -0.05) is 0 Å². The molecule has 1 fully saturated rings. The molecule has 0 radical (unpaired) electrons. The van der Waals surface area contributed by atoms with E-state index in [1.807, 2.05) is 6.92 Å². The van der Waals surface area contributed by atoms with Gasteiger partial charge in [0, 0.05) is 0 Å². The number of nitrogen functional groups attached to an aromatic ring is 1. The van der Waals surface area contributed by atoms with Crippen LogP contribution in [-0.4, -0.2) is 54.3 Å². The molecule has 3 rings (SSSR count). The number of nitrogens with two attached hydrogens (primary N) is 1. The van der Waals surface area contributed by atoms with Gasteiger partial charge in [0.05, 0.1) is 12.3 Å². The molecule has 114 valence electrons. The van der Waals surface area contributed by atoms with Crippen LogP contribution in [0.5, 0.6) is 0 Å². The van der Waals surface area contributed by atoms with Crippen molar-refractivity contribution >= 4 is 11.3 Å². The fourth-order valence-corrected chi connectivity index (χ4v) is 2.90. The van der Waals surface area contributed by atoms with Gasteiger partial charge in [-0.3, -0.25) is 0 Å². The second kappa shape index (κ2) is 4.63. The first-order valence-electron chi connectivity index (χ1n) is 6.63. The SMILES string of the molecule is Cc1cc([C@@H]2O[C@H](CO)[C@@H](O)[C@@]2(C)O)n2ncnc(N)c12.